The van der Waals surface area contributed by atoms with Crippen molar-refractivity contribution in [3.8, 4) is 5.69 Å². The standard InChI is InChI=1S/C11H8N2O3/c14-8-9-3-4-10(11(7-9)13(15)16)12-5-1-2-6-12/h1-8H. The van der Waals surface area contributed by atoms with Crippen molar-refractivity contribution in [2.45, 2.75) is 0 Å². The summed E-state index contributed by atoms with van der Waals surface area (Å²) in [7, 11) is 0. The zero-order valence-corrected chi connectivity index (χ0v) is 8.24. The molecule has 2 rings (SSSR count). The number of hydrogen-bond donors (Lipinski definition) is 0. The Labute approximate surface area is 91.1 Å². The zero-order chi connectivity index (χ0) is 11.5. The van der Waals surface area contributed by atoms with Gasteiger partial charge in [-0.15, -0.1) is 0 Å². The summed E-state index contributed by atoms with van der Waals surface area (Å²) in [5, 5.41) is 10.9. The molecule has 0 fully saturated rings. The maximum Gasteiger partial charge on any atom is 0.293 e. The van der Waals surface area contributed by atoms with Gasteiger partial charge in [-0.2, -0.15) is 0 Å². The van der Waals surface area contributed by atoms with Crippen LogP contribution in [-0.4, -0.2) is 15.8 Å². The summed E-state index contributed by atoms with van der Waals surface area (Å²) in [6.45, 7) is 0. The molecule has 0 unspecified atom stereocenters. The summed E-state index contributed by atoms with van der Waals surface area (Å²) < 4.78 is 1.63. The zero-order valence-electron chi connectivity index (χ0n) is 8.24. The van der Waals surface area contributed by atoms with E-state index >= 15 is 0 Å². The fourth-order valence-corrected chi connectivity index (χ4v) is 1.47. The van der Waals surface area contributed by atoms with Crippen molar-refractivity contribution in [2.75, 3.05) is 0 Å². The Bertz CT molecular complexity index is 532. The van der Waals surface area contributed by atoms with Crippen molar-refractivity contribution in [1.82, 2.24) is 4.57 Å². The number of benzene rings is 1. The van der Waals surface area contributed by atoms with E-state index in [0.29, 0.717) is 17.5 Å². The van der Waals surface area contributed by atoms with E-state index in [-0.39, 0.29) is 5.69 Å². The fourth-order valence-electron chi connectivity index (χ4n) is 1.47. The Morgan fingerprint density at radius 1 is 1.25 bits per heavy atom. The Balaban J connectivity index is 2.61. The van der Waals surface area contributed by atoms with Gasteiger partial charge in [-0.25, -0.2) is 0 Å². The number of aromatic nitrogens is 1. The van der Waals surface area contributed by atoms with Crippen molar-refractivity contribution >= 4 is 12.0 Å². The van der Waals surface area contributed by atoms with E-state index in [9.17, 15) is 14.9 Å². The number of rotatable bonds is 3. The van der Waals surface area contributed by atoms with Crippen LogP contribution in [0.5, 0.6) is 0 Å². The average molecular weight is 216 g/mol. The van der Waals surface area contributed by atoms with E-state index in [1.54, 1.807) is 41.2 Å². The Kier molecular flexibility index (Phi) is 2.51. The Hall–Kier alpha value is -2.43. The lowest BCUT2D eigenvalue weighted by Crippen LogP contribution is -1.99. The molecule has 5 nitrogen and oxygen atoms in total. The largest absolute Gasteiger partial charge is 0.318 e. The molecule has 5 heteroatoms. The van der Waals surface area contributed by atoms with Crippen LogP contribution in [-0.2, 0) is 0 Å². The first-order chi connectivity index (χ1) is 7.72. The van der Waals surface area contributed by atoms with Crippen LogP contribution in [0.15, 0.2) is 42.7 Å². The first-order valence-corrected chi connectivity index (χ1v) is 4.59. The van der Waals surface area contributed by atoms with Crippen LogP contribution >= 0.6 is 0 Å². The number of hydrogen-bond acceptors (Lipinski definition) is 3. The third-order valence-electron chi connectivity index (χ3n) is 2.21. The van der Waals surface area contributed by atoms with Crippen LogP contribution in [0.2, 0.25) is 0 Å². The van der Waals surface area contributed by atoms with Gasteiger partial charge in [-0.05, 0) is 24.3 Å². The second-order valence-corrected chi connectivity index (χ2v) is 3.21. The summed E-state index contributed by atoms with van der Waals surface area (Å²) in [5.41, 5.74) is 0.656. The SMILES string of the molecule is O=Cc1ccc(-n2cccc2)c([N+](=O)[O-])c1. The molecule has 0 saturated carbocycles. The van der Waals surface area contributed by atoms with Crippen LogP contribution in [0.4, 0.5) is 5.69 Å². The average Bonchev–Trinajstić information content (AvgIpc) is 2.81. The molecule has 0 aliphatic carbocycles. The topological polar surface area (TPSA) is 65.1 Å². The molecule has 0 bridgehead atoms. The lowest BCUT2D eigenvalue weighted by molar-refractivity contribution is -0.384. The number of aldehydes is 1. The van der Waals surface area contributed by atoms with Crippen LogP contribution in [0.25, 0.3) is 5.69 Å². The summed E-state index contributed by atoms with van der Waals surface area (Å²) in [6.07, 6.45) is 4.01. The molecule has 0 saturated heterocycles. The molecular weight excluding hydrogens is 208 g/mol. The van der Waals surface area contributed by atoms with Gasteiger partial charge in [0.05, 0.1) is 4.92 Å². The van der Waals surface area contributed by atoms with Gasteiger partial charge in [0.1, 0.15) is 12.0 Å². The highest BCUT2D eigenvalue weighted by Gasteiger charge is 2.15. The minimum atomic E-state index is -0.498. The maximum absolute atomic E-state index is 10.9. The molecule has 0 amide bonds. The number of nitro benzene ring substituents is 1. The Morgan fingerprint density at radius 2 is 1.94 bits per heavy atom. The molecule has 0 radical (unpaired) electrons. The first kappa shape index (κ1) is 10.1. The van der Waals surface area contributed by atoms with Gasteiger partial charge in [-0.1, -0.05) is 0 Å². The predicted octanol–water partition coefficient (Wildman–Crippen LogP) is 2.20. The van der Waals surface area contributed by atoms with E-state index in [1.807, 2.05) is 0 Å². The summed E-state index contributed by atoms with van der Waals surface area (Å²) >= 11 is 0. The highest BCUT2D eigenvalue weighted by Crippen LogP contribution is 2.23. The minimum Gasteiger partial charge on any atom is -0.318 e. The van der Waals surface area contributed by atoms with Crippen molar-refractivity contribution < 1.29 is 9.72 Å². The molecule has 1 heterocycles. The molecule has 0 aliphatic rings. The second-order valence-electron chi connectivity index (χ2n) is 3.21. The van der Waals surface area contributed by atoms with E-state index in [4.69, 9.17) is 0 Å². The van der Waals surface area contributed by atoms with Gasteiger partial charge in [0.2, 0.25) is 0 Å². The van der Waals surface area contributed by atoms with Crippen molar-refractivity contribution in [1.29, 1.82) is 0 Å². The van der Waals surface area contributed by atoms with Gasteiger partial charge < -0.3 is 4.57 Å². The lowest BCUT2D eigenvalue weighted by atomic mass is 10.2. The monoisotopic (exact) mass is 216 g/mol. The number of nitrogens with zero attached hydrogens (tertiary/aromatic N) is 2. The highest BCUT2D eigenvalue weighted by atomic mass is 16.6. The molecule has 0 aliphatic heterocycles. The third kappa shape index (κ3) is 1.70. The molecular formula is C11H8N2O3. The summed E-state index contributed by atoms with van der Waals surface area (Å²) in [6, 6.07) is 7.92. The molecule has 0 N–H and O–H groups in total. The van der Waals surface area contributed by atoms with E-state index in [2.05, 4.69) is 0 Å². The van der Waals surface area contributed by atoms with Crippen molar-refractivity contribution in [3.05, 3.63) is 58.4 Å². The van der Waals surface area contributed by atoms with E-state index in [1.165, 1.54) is 6.07 Å². The third-order valence-corrected chi connectivity index (χ3v) is 2.21. The summed E-state index contributed by atoms with van der Waals surface area (Å²) in [4.78, 5) is 20.9. The van der Waals surface area contributed by atoms with E-state index in [0.717, 1.165) is 0 Å². The second kappa shape index (κ2) is 3.98. The quantitative estimate of drug-likeness (QED) is 0.448. The van der Waals surface area contributed by atoms with Crippen molar-refractivity contribution in [3.63, 3.8) is 0 Å². The predicted molar refractivity (Wildman–Crippen MR) is 57.8 cm³/mol. The van der Waals surface area contributed by atoms with E-state index < -0.39 is 4.92 Å². The van der Waals surface area contributed by atoms with Gasteiger partial charge in [-0.3, -0.25) is 14.9 Å². The van der Waals surface area contributed by atoms with Gasteiger partial charge in [0, 0.05) is 24.0 Å². The molecule has 16 heavy (non-hydrogen) atoms. The van der Waals surface area contributed by atoms with Crippen LogP contribution in [0, 0.1) is 10.1 Å². The number of nitro groups is 1. The smallest absolute Gasteiger partial charge is 0.293 e. The van der Waals surface area contributed by atoms with Crippen LogP contribution in [0.1, 0.15) is 10.4 Å². The summed E-state index contributed by atoms with van der Waals surface area (Å²) in [5.74, 6) is 0. The maximum atomic E-state index is 10.9. The molecule has 1 aromatic carbocycles. The molecule has 80 valence electrons. The first-order valence-electron chi connectivity index (χ1n) is 4.59. The van der Waals surface area contributed by atoms with Gasteiger partial charge in [0.15, 0.2) is 0 Å². The number of carbonyl (C=O) groups is 1. The van der Waals surface area contributed by atoms with Crippen LogP contribution in [0.3, 0.4) is 0 Å². The highest BCUT2D eigenvalue weighted by molar-refractivity contribution is 5.77. The van der Waals surface area contributed by atoms with Crippen LogP contribution < -0.4 is 0 Å². The molecule has 1 aromatic heterocycles. The fraction of sp³-hybridized carbons (Fsp3) is 0. The Morgan fingerprint density at radius 3 is 2.50 bits per heavy atom. The normalized spacial score (nSPS) is 10.0. The molecule has 0 atom stereocenters. The van der Waals surface area contributed by atoms with Crippen molar-refractivity contribution in [2.24, 2.45) is 0 Å². The minimum absolute atomic E-state index is 0.0826. The lowest BCUT2D eigenvalue weighted by Gasteiger charge is -2.04. The molecule has 0 spiro atoms. The van der Waals surface area contributed by atoms with Gasteiger partial charge in [0.25, 0.3) is 5.69 Å². The molecule has 2 aromatic rings. The van der Waals surface area contributed by atoms with Gasteiger partial charge >= 0.3 is 0 Å². The number of carbonyl (C=O) groups excluding carboxylic acids is 1.